The SMILES string of the molecule is CCOC(=O)N1CCC2(CC(N3CCC(c4ccnn4CC)CC3)C2)C1. The maximum atomic E-state index is 11.9. The molecule has 0 radical (unpaired) electrons. The number of ether oxygens (including phenoxy) is 1. The Hall–Kier alpha value is -1.56. The van der Waals surface area contributed by atoms with E-state index in [2.05, 4.69) is 27.7 Å². The van der Waals surface area contributed by atoms with Crippen molar-refractivity contribution in [3.8, 4) is 0 Å². The van der Waals surface area contributed by atoms with Crippen molar-refractivity contribution in [1.82, 2.24) is 19.6 Å². The van der Waals surface area contributed by atoms with E-state index >= 15 is 0 Å². The Kier molecular flexibility index (Phi) is 4.95. The van der Waals surface area contributed by atoms with E-state index in [4.69, 9.17) is 4.74 Å². The first-order valence-corrected chi connectivity index (χ1v) is 10.3. The molecule has 0 atom stereocenters. The van der Waals surface area contributed by atoms with E-state index in [0.29, 0.717) is 24.0 Å². The van der Waals surface area contributed by atoms with Gasteiger partial charge in [-0.25, -0.2) is 4.79 Å². The first-order chi connectivity index (χ1) is 12.6. The highest BCUT2D eigenvalue weighted by atomic mass is 16.6. The smallest absolute Gasteiger partial charge is 0.409 e. The molecule has 1 saturated carbocycles. The Balaban J connectivity index is 1.25. The summed E-state index contributed by atoms with van der Waals surface area (Å²) < 4.78 is 7.32. The average molecular weight is 361 g/mol. The number of carbonyl (C=O) groups excluding carboxylic acids is 1. The lowest BCUT2D eigenvalue weighted by atomic mass is 9.64. The monoisotopic (exact) mass is 360 g/mol. The van der Waals surface area contributed by atoms with E-state index in [1.54, 1.807) is 0 Å². The van der Waals surface area contributed by atoms with Crippen molar-refractivity contribution in [3.05, 3.63) is 18.0 Å². The third-order valence-electron chi connectivity index (χ3n) is 6.81. The van der Waals surface area contributed by atoms with Gasteiger partial charge in [-0.15, -0.1) is 0 Å². The minimum atomic E-state index is -0.124. The number of aromatic nitrogens is 2. The van der Waals surface area contributed by atoms with Crippen LogP contribution in [0.4, 0.5) is 4.79 Å². The highest BCUT2D eigenvalue weighted by Gasteiger charge is 2.51. The predicted octanol–water partition coefficient (Wildman–Crippen LogP) is 3.09. The molecule has 4 rings (SSSR count). The molecule has 1 spiro atoms. The molecular weight excluding hydrogens is 328 g/mol. The summed E-state index contributed by atoms with van der Waals surface area (Å²) in [5, 5.41) is 4.43. The number of piperidine rings is 1. The second kappa shape index (κ2) is 7.22. The summed E-state index contributed by atoms with van der Waals surface area (Å²) in [7, 11) is 0. The fraction of sp³-hybridized carbons (Fsp3) is 0.800. The Bertz CT molecular complexity index is 630. The number of nitrogens with zero attached hydrogens (tertiary/aromatic N) is 4. The topological polar surface area (TPSA) is 50.6 Å². The van der Waals surface area contributed by atoms with Gasteiger partial charge >= 0.3 is 6.09 Å². The fourth-order valence-corrected chi connectivity index (χ4v) is 5.35. The normalized spacial score (nSPS) is 29.9. The van der Waals surface area contributed by atoms with E-state index in [1.807, 2.05) is 18.0 Å². The number of rotatable bonds is 4. The van der Waals surface area contributed by atoms with Crippen molar-refractivity contribution in [2.45, 2.75) is 64.5 Å². The largest absolute Gasteiger partial charge is 0.450 e. The van der Waals surface area contributed by atoms with Crippen molar-refractivity contribution in [2.24, 2.45) is 5.41 Å². The van der Waals surface area contributed by atoms with E-state index in [-0.39, 0.29) is 6.09 Å². The Labute approximate surface area is 156 Å². The molecule has 1 amide bonds. The van der Waals surface area contributed by atoms with Crippen LogP contribution in [0.3, 0.4) is 0 Å². The maximum absolute atomic E-state index is 11.9. The summed E-state index contributed by atoms with van der Waals surface area (Å²) >= 11 is 0. The average Bonchev–Trinajstić information content (AvgIpc) is 3.28. The zero-order valence-corrected chi connectivity index (χ0v) is 16.2. The van der Waals surface area contributed by atoms with Gasteiger partial charge in [0.15, 0.2) is 0 Å². The van der Waals surface area contributed by atoms with Gasteiger partial charge in [-0.1, -0.05) is 0 Å². The van der Waals surface area contributed by atoms with Crippen LogP contribution in [0.25, 0.3) is 0 Å². The molecule has 1 aliphatic carbocycles. The van der Waals surface area contributed by atoms with Crippen LogP contribution in [-0.4, -0.2) is 64.5 Å². The number of hydrogen-bond donors (Lipinski definition) is 0. The van der Waals surface area contributed by atoms with Crippen molar-refractivity contribution < 1.29 is 9.53 Å². The van der Waals surface area contributed by atoms with Crippen LogP contribution in [-0.2, 0) is 11.3 Å². The minimum absolute atomic E-state index is 0.124. The first kappa shape index (κ1) is 17.8. The lowest BCUT2D eigenvalue weighted by molar-refractivity contribution is -0.00506. The Morgan fingerprint density at radius 3 is 2.73 bits per heavy atom. The molecule has 0 N–H and O–H groups in total. The third-order valence-corrected chi connectivity index (χ3v) is 6.81. The van der Waals surface area contributed by atoms with Crippen LogP contribution in [0.1, 0.15) is 57.6 Å². The van der Waals surface area contributed by atoms with Crippen LogP contribution in [0.5, 0.6) is 0 Å². The lowest BCUT2D eigenvalue weighted by Gasteiger charge is -2.51. The van der Waals surface area contributed by atoms with Gasteiger partial charge in [-0.05, 0) is 70.5 Å². The molecule has 1 aromatic rings. The van der Waals surface area contributed by atoms with Gasteiger partial charge in [0.1, 0.15) is 0 Å². The molecule has 0 unspecified atom stereocenters. The molecule has 3 heterocycles. The molecule has 2 aliphatic heterocycles. The van der Waals surface area contributed by atoms with Crippen molar-refractivity contribution in [1.29, 1.82) is 0 Å². The summed E-state index contributed by atoms with van der Waals surface area (Å²) in [5.41, 5.74) is 1.79. The van der Waals surface area contributed by atoms with Crippen molar-refractivity contribution >= 4 is 6.09 Å². The Morgan fingerprint density at radius 2 is 2.04 bits per heavy atom. The molecule has 2 saturated heterocycles. The van der Waals surface area contributed by atoms with E-state index in [9.17, 15) is 4.79 Å². The Morgan fingerprint density at radius 1 is 1.27 bits per heavy atom. The second-order valence-electron chi connectivity index (χ2n) is 8.31. The molecule has 6 nitrogen and oxygen atoms in total. The van der Waals surface area contributed by atoms with E-state index in [0.717, 1.165) is 26.1 Å². The number of likely N-dealkylation sites (tertiary alicyclic amines) is 2. The summed E-state index contributed by atoms with van der Waals surface area (Å²) in [6.07, 6.45) is 7.95. The lowest BCUT2D eigenvalue weighted by Crippen LogP contribution is -2.54. The van der Waals surface area contributed by atoms with Crippen molar-refractivity contribution in [2.75, 3.05) is 32.8 Å². The van der Waals surface area contributed by atoms with Crippen LogP contribution in [0.15, 0.2) is 12.3 Å². The molecule has 6 heteroatoms. The van der Waals surface area contributed by atoms with Crippen LogP contribution in [0, 0.1) is 5.41 Å². The van der Waals surface area contributed by atoms with E-state index < -0.39 is 0 Å². The highest BCUT2D eigenvalue weighted by molar-refractivity contribution is 5.68. The molecule has 0 bridgehead atoms. The molecule has 144 valence electrons. The predicted molar refractivity (Wildman–Crippen MR) is 100 cm³/mol. The van der Waals surface area contributed by atoms with Gasteiger partial charge in [-0.3, -0.25) is 4.68 Å². The molecule has 26 heavy (non-hydrogen) atoms. The summed E-state index contributed by atoms with van der Waals surface area (Å²) in [5.74, 6) is 0.661. The number of aryl methyl sites for hydroxylation is 1. The van der Waals surface area contributed by atoms with Gasteiger partial charge < -0.3 is 14.5 Å². The summed E-state index contributed by atoms with van der Waals surface area (Å²) in [4.78, 5) is 16.6. The zero-order valence-electron chi connectivity index (χ0n) is 16.2. The van der Waals surface area contributed by atoms with Crippen LogP contribution >= 0.6 is 0 Å². The fourth-order valence-electron chi connectivity index (χ4n) is 5.35. The van der Waals surface area contributed by atoms with Gasteiger partial charge in [-0.2, -0.15) is 5.10 Å². The molecule has 3 fully saturated rings. The maximum Gasteiger partial charge on any atom is 0.409 e. The summed E-state index contributed by atoms with van der Waals surface area (Å²) in [6.45, 7) is 9.63. The van der Waals surface area contributed by atoms with Crippen LogP contribution in [0.2, 0.25) is 0 Å². The number of amides is 1. The second-order valence-corrected chi connectivity index (χ2v) is 8.31. The van der Waals surface area contributed by atoms with Crippen LogP contribution < -0.4 is 0 Å². The quantitative estimate of drug-likeness (QED) is 0.828. The summed E-state index contributed by atoms with van der Waals surface area (Å²) in [6, 6.07) is 2.92. The molecule has 3 aliphatic rings. The van der Waals surface area contributed by atoms with Gasteiger partial charge in [0.05, 0.1) is 6.61 Å². The minimum Gasteiger partial charge on any atom is -0.450 e. The van der Waals surface area contributed by atoms with Crippen molar-refractivity contribution in [3.63, 3.8) is 0 Å². The molecule has 1 aromatic heterocycles. The van der Waals surface area contributed by atoms with Gasteiger partial charge in [0, 0.05) is 43.5 Å². The third kappa shape index (κ3) is 3.24. The highest BCUT2D eigenvalue weighted by Crippen LogP contribution is 2.51. The number of carbonyl (C=O) groups is 1. The first-order valence-electron chi connectivity index (χ1n) is 10.3. The van der Waals surface area contributed by atoms with Gasteiger partial charge in [0.2, 0.25) is 0 Å². The standard InChI is InChI=1S/C20H32N4O2/c1-3-24-18(5-9-21-24)16-6-10-22(11-7-16)17-13-20(14-17)8-12-23(15-20)19(25)26-4-2/h5,9,16-17H,3-4,6-8,10-15H2,1-2H3. The molecule has 0 aromatic carbocycles. The van der Waals surface area contributed by atoms with E-state index in [1.165, 1.54) is 44.5 Å². The zero-order chi connectivity index (χ0) is 18.1. The number of hydrogen-bond acceptors (Lipinski definition) is 4. The van der Waals surface area contributed by atoms with Gasteiger partial charge in [0.25, 0.3) is 0 Å². The molecular formula is C20H32N4O2.